The zero-order valence-corrected chi connectivity index (χ0v) is 37.5. The molecule has 1 fully saturated rings. The van der Waals surface area contributed by atoms with Crippen molar-refractivity contribution in [3.8, 4) is 0 Å². The van der Waals surface area contributed by atoms with Gasteiger partial charge < -0.3 is 9.47 Å². The van der Waals surface area contributed by atoms with E-state index in [1.54, 1.807) is 0 Å². The van der Waals surface area contributed by atoms with E-state index in [1.807, 2.05) is 0 Å². The third kappa shape index (κ3) is 37.5. The van der Waals surface area contributed by atoms with Crippen molar-refractivity contribution in [2.24, 2.45) is 5.92 Å². The summed E-state index contributed by atoms with van der Waals surface area (Å²) in [5, 5.41) is 11.8. The van der Waals surface area contributed by atoms with Crippen molar-refractivity contribution in [3.63, 3.8) is 0 Å². The Balaban J connectivity index is 1.83. The van der Waals surface area contributed by atoms with Gasteiger partial charge in [-0.1, -0.05) is 258 Å². The molecule has 0 aromatic heterocycles. The summed E-state index contributed by atoms with van der Waals surface area (Å²) in [4.78, 5) is 0. The van der Waals surface area contributed by atoms with E-state index in [1.165, 1.54) is 257 Å². The van der Waals surface area contributed by atoms with Crippen molar-refractivity contribution in [1.29, 1.82) is 0 Å². The molecule has 0 aromatic carbocycles. The normalized spacial score (nSPS) is 17.5. The highest BCUT2D eigenvalue weighted by atomic mass is 16.5. The number of ether oxygens (including phenoxy) is 2. The molecule has 0 spiro atoms. The van der Waals surface area contributed by atoms with E-state index < -0.39 is 0 Å². The van der Waals surface area contributed by atoms with E-state index in [4.69, 9.17) is 9.47 Å². The Morgan fingerprint density at radius 2 is 0.500 bits per heavy atom. The highest BCUT2D eigenvalue weighted by Crippen LogP contribution is 2.29. The Hall–Kier alpha value is -0.120. The van der Waals surface area contributed by atoms with Gasteiger partial charge in [0.15, 0.2) is 0 Å². The molecular formula is C51H101O3. The van der Waals surface area contributed by atoms with Crippen molar-refractivity contribution in [2.45, 2.75) is 302 Å². The Morgan fingerprint density at radius 1 is 0.296 bits per heavy atom. The molecule has 0 N–H and O–H groups in total. The third-order valence-corrected chi connectivity index (χ3v) is 12.7. The van der Waals surface area contributed by atoms with Gasteiger partial charge in [0.1, 0.15) is 0 Å². The molecule has 0 aromatic rings. The van der Waals surface area contributed by atoms with E-state index in [0.717, 1.165) is 32.5 Å². The summed E-state index contributed by atoms with van der Waals surface area (Å²) in [6, 6.07) is 0. The van der Waals surface area contributed by atoms with Crippen LogP contribution >= 0.6 is 0 Å². The maximum Gasteiger partial charge on any atom is 0.0852 e. The SMILES string of the molecule is CCCCCCCCCCCCCCCCCCCCCCOC1CC(C[O])CC(OCCCCCCCCCCCCCCCCCCCCCC)C1. The minimum Gasteiger partial charge on any atom is -0.378 e. The van der Waals surface area contributed by atoms with Gasteiger partial charge in [-0.3, -0.25) is 0 Å². The molecular weight excluding hydrogens is 661 g/mol. The minimum atomic E-state index is 0.0261. The Kier molecular flexibility index (Phi) is 42.3. The molecule has 3 nitrogen and oxygen atoms in total. The number of rotatable bonds is 45. The first-order valence-corrected chi connectivity index (χ1v) is 25.6. The minimum absolute atomic E-state index is 0.0261. The zero-order chi connectivity index (χ0) is 38.7. The van der Waals surface area contributed by atoms with Crippen LogP contribution in [0.1, 0.15) is 290 Å². The maximum atomic E-state index is 11.8. The van der Waals surface area contributed by atoms with Crippen LogP contribution in [0, 0.1) is 5.92 Å². The molecule has 323 valence electrons. The Bertz CT molecular complexity index is 628. The average Bonchev–Trinajstić information content (AvgIpc) is 3.19. The van der Waals surface area contributed by atoms with Crippen LogP contribution in [0.5, 0.6) is 0 Å². The summed E-state index contributed by atoms with van der Waals surface area (Å²) in [6.07, 6.45) is 60.0. The van der Waals surface area contributed by atoms with E-state index in [-0.39, 0.29) is 24.7 Å². The quantitative estimate of drug-likeness (QED) is 0.0580. The molecule has 1 aliphatic carbocycles. The fourth-order valence-electron chi connectivity index (χ4n) is 8.95. The first kappa shape index (κ1) is 51.9. The summed E-state index contributed by atoms with van der Waals surface area (Å²) in [5.41, 5.74) is 0. The van der Waals surface area contributed by atoms with Crippen LogP contribution in [0.25, 0.3) is 0 Å². The van der Waals surface area contributed by atoms with E-state index >= 15 is 0 Å². The van der Waals surface area contributed by atoms with Crippen LogP contribution in [0.3, 0.4) is 0 Å². The molecule has 1 rings (SSSR count). The first-order chi connectivity index (χ1) is 26.8. The molecule has 2 atom stereocenters. The molecule has 0 saturated heterocycles. The number of hydrogen-bond acceptors (Lipinski definition) is 2. The molecule has 1 radical (unpaired) electrons. The van der Waals surface area contributed by atoms with Gasteiger partial charge in [-0.15, -0.1) is 0 Å². The lowest BCUT2D eigenvalue weighted by atomic mass is 9.85. The van der Waals surface area contributed by atoms with Crippen molar-refractivity contribution < 1.29 is 14.6 Å². The van der Waals surface area contributed by atoms with Crippen molar-refractivity contribution in [1.82, 2.24) is 0 Å². The molecule has 1 aliphatic rings. The summed E-state index contributed by atoms with van der Waals surface area (Å²) in [5.74, 6) is 0.235. The molecule has 0 heterocycles. The van der Waals surface area contributed by atoms with Crippen LogP contribution in [0.15, 0.2) is 0 Å². The van der Waals surface area contributed by atoms with E-state index in [0.29, 0.717) is 0 Å². The number of unbranched alkanes of at least 4 members (excludes halogenated alkanes) is 38. The van der Waals surface area contributed by atoms with Crippen LogP contribution in [-0.4, -0.2) is 32.0 Å². The maximum absolute atomic E-state index is 11.8. The molecule has 1 saturated carbocycles. The van der Waals surface area contributed by atoms with Crippen molar-refractivity contribution in [3.05, 3.63) is 0 Å². The van der Waals surface area contributed by atoms with Gasteiger partial charge in [0.05, 0.1) is 18.8 Å². The second-order valence-corrected chi connectivity index (χ2v) is 18.2. The Morgan fingerprint density at radius 3 is 0.704 bits per heavy atom. The zero-order valence-electron chi connectivity index (χ0n) is 37.5. The summed E-state index contributed by atoms with van der Waals surface area (Å²) < 4.78 is 12.6. The van der Waals surface area contributed by atoms with E-state index in [2.05, 4.69) is 13.8 Å². The van der Waals surface area contributed by atoms with Crippen molar-refractivity contribution >= 4 is 0 Å². The number of hydrogen-bond donors (Lipinski definition) is 0. The standard InChI is InChI=1S/C51H101O3/c1-3-5-7-9-11-13-15-17-19-21-23-25-27-29-31-33-35-37-39-41-43-53-50-45-49(48-52)46-51(47-50)54-44-42-40-38-36-34-32-30-28-26-24-22-20-18-16-14-12-10-8-6-4-2/h49-51H,3-48H2,1-2H3. The molecule has 54 heavy (non-hydrogen) atoms. The average molecular weight is 762 g/mol. The summed E-state index contributed by atoms with van der Waals surface area (Å²) >= 11 is 0. The summed E-state index contributed by atoms with van der Waals surface area (Å²) in [6.45, 7) is 6.36. The molecule has 0 bridgehead atoms. The fraction of sp³-hybridized carbons (Fsp3) is 1.00. The van der Waals surface area contributed by atoms with Crippen LogP contribution in [0.4, 0.5) is 0 Å². The topological polar surface area (TPSA) is 38.4 Å². The van der Waals surface area contributed by atoms with Gasteiger partial charge in [-0.2, -0.15) is 0 Å². The van der Waals surface area contributed by atoms with Gasteiger partial charge in [-0.25, -0.2) is 5.11 Å². The second kappa shape index (κ2) is 44.0. The molecule has 2 unspecified atom stereocenters. The fourth-order valence-corrected chi connectivity index (χ4v) is 8.95. The predicted molar refractivity (Wildman–Crippen MR) is 238 cm³/mol. The van der Waals surface area contributed by atoms with Gasteiger partial charge >= 0.3 is 0 Å². The van der Waals surface area contributed by atoms with Gasteiger partial charge in [-0.05, 0) is 38.0 Å². The highest BCUT2D eigenvalue weighted by Gasteiger charge is 2.29. The first-order valence-electron chi connectivity index (χ1n) is 25.6. The van der Waals surface area contributed by atoms with Gasteiger partial charge in [0, 0.05) is 13.2 Å². The van der Waals surface area contributed by atoms with Crippen LogP contribution in [-0.2, 0) is 14.6 Å². The summed E-state index contributed by atoms with van der Waals surface area (Å²) in [7, 11) is 0. The Labute approximate surface area is 341 Å². The molecule has 0 aliphatic heterocycles. The van der Waals surface area contributed by atoms with Gasteiger partial charge in [0.25, 0.3) is 0 Å². The molecule has 3 heteroatoms. The predicted octanol–water partition coefficient (Wildman–Crippen LogP) is 17.6. The smallest absolute Gasteiger partial charge is 0.0852 e. The third-order valence-electron chi connectivity index (χ3n) is 12.7. The highest BCUT2D eigenvalue weighted by molar-refractivity contribution is 4.80. The van der Waals surface area contributed by atoms with Crippen molar-refractivity contribution in [2.75, 3.05) is 19.8 Å². The lowest BCUT2D eigenvalue weighted by molar-refractivity contribution is -0.0737. The lowest BCUT2D eigenvalue weighted by Gasteiger charge is -2.33. The van der Waals surface area contributed by atoms with E-state index in [9.17, 15) is 5.11 Å². The molecule has 0 amide bonds. The van der Waals surface area contributed by atoms with Gasteiger partial charge in [0.2, 0.25) is 0 Å². The monoisotopic (exact) mass is 762 g/mol. The van der Waals surface area contributed by atoms with Crippen LogP contribution in [0.2, 0.25) is 0 Å². The van der Waals surface area contributed by atoms with Crippen LogP contribution < -0.4 is 0 Å². The second-order valence-electron chi connectivity index (χ2n) is 18.2. The largest absolute Gasteiger partial charge is 0.378 e. The lowest BCUT2D eigenvalue weighted by Crippen LogP contribution is -2.35.